The van der Waals surface area contributed by atoms with E-state index < -0.39 is 4.92 Å². The second kappa shape index (κ2) is 7.74. The van der Waals surface area contributed by atoms with Crippen LogP contribution in [0.1, 0.15) is 15.9 Å². The Hall–Kier alpha value is -3.60. The number of methoxy groups -OCH3 is 1. The molecule has 0 N–H and O–H groups in total. The lowest BCUT2D eigenvalue weighted by Crippen LogP contribution is -2.49. The van der Waals surface area contributed by atoms with Crippen LogP contribution in [0.4, 0.5) is 11.4 Å². The van der Waals surface area contributed by atoms with Gasteiger partial charge in [-0.25, -0.2) is 0 Å². The van der Waals surface area contributed by atoms with Crippen molar-refractivity contribution in [2.24, 2.45) is 0 Å². The van der Waals surface area contributed by atoms with E-state index in [1.54, 1.807) is 29.2 Å². The Morgan fingerprint density at radius 1 is 1.19 bits per heavy atom. The van der Waals surface area contributed by atoms with Crippen LogP contribution in [0.3, 0.4) is 0 Å². The predicted molar refractivity (Wildman–Crippen MR) is 98.9 cm³/mol. The highest BCUT2D eigenvalue weighted by molar-refractivity contribution is 5.97. The summed E-state index contributed by atoms with van der Waals surface area (Å²) in [5, 5.41) is 20.2. The molecule has 1 fully saturated rings. The Morgan fingerprint density at radius 3 is 2.52 bits per heavy atom. The maximum Gasteiger partial charge on any atom is 0.270 e. The first-order valence-electron chi connectivity index (χ1n) is 8.41. The number of nitro benzene ring substituents is 1. The fourth-order valence-corrected chi connectivity index (χ4v) is 3.15. The quantitative estimate of drug-likeness (QED) is 0.609. The van der Waals surface area contributed by atoms with Gasteiger partial charge in [-0.3, -0.25) is 14.9 Å². The van der Waals surface area contributed by atoms with Crippen molar-refractivity contribution in [1.82, 2.24) is 4.90 Å². The number of carbonyl (C=O) groups excluding carboxylic acids is 1. The first-order chi connectivity index (χ1) is 13.0. The Bertz CT molecular complexity index is 914. The highest BCUT2D eigenvalue weighted by Gasteiger charge is 2.25. The van der Waals surface area contributed by atoms with Gasteiger partial charge in [-0.15, -0.1) is 0 Å². The summed E-state index contributed by atoms with van der Waals surface area (Å²) in [5.41, 5.74) is 1.31. The van der Waals surface area contributed by atoms with Crippen LogP contribution < -0.4 is 9.64 Å². The zero-order valence-electron chi connectivity index (χ0n) is 14.8. The zero-order chi connectivity index (χ0) is 19.4. The summed E-state index contributed by atoms with van der Waals surface area (Å²) >= 11 is 0. The highest BCUT2D eigenvalue weighted by atomic mass is 16.6. The van der Waals surface area contributed by atoms with Crippen LogP contribution in [0.2, 0.25) is 0 Å². The Labute approximate surface area is 156 Å². The average Bonchev–Trinajstić information content (AvgIpc) is 2.72. The average molecular weight is 366 g/mol. The van der Waals surface area contributed by atoms with Crippen LogP contribution in [-0.4, -0.2) is 49.0 Å². The van der Waals surface area contributed by atoms with E-state index in [-0.39, 0.29) is 17.2 Å². The Kier molecular flexibility index (Phi) is 5.22. The van der Waals surface area contributed by atoms with Gasteiger partial charge in [0.2, 0.25) is 0 Å². The molecule has 8 nitrogen and oxygen atoms in total. The monoisotopic (exact) mass is 366 g/mol. The van der Waals surface area contributed by atoms with Crippen molar-refractivity contribution in [3.05, 3.63) is 63.7 Å². The maximum atomic E-state index is 12.8. The molecule has 2 aromatic carbocycles. The molecule has 1 heterocycles. The van der Waals surface area contributed by atoms with Crippen molar-refractivity contribution in [3.8, 4) is 11.8 Å². The van der Waals surface area contributed by atoms with Crippen molar-refractivity contribution in [2.75, 3.05) is 38.2 Å². The SMILES string of the molecule is COc1ccccc1C(=O)N1CCN(c2ccc([N+](=O)[O-])cc2C#N)CC1. The van der Waals surface area contributed by atoms with E-state index in [9.17, 15) is 20.2 Å². The summed E-state index contributed by atoms with van der Waals surface area (Å²) in [6.45, 7) is 2.04. The lowest BCUT2D eigenvalue weighted by molar-refractivity contribution is -0.384. The topological polar surface area (TPSA) is 99.7 Å². The number of nitriles is 1. The van der Waals surface area contributed by atoms with E-state index in [4.69, 9.17) is 4.74 Å². The number of ether oxygens (including phenoxy) is 1. The molecule has 8 heteroatoms. The first-order valence-corrected chi connectivity index (χ1v) is 8.41. The van der Waals surface area contributed by atoms with Gasteiger partial charge in [-0.05, 0) is 18.2 Å². The van der Waals surface area contributed by atoms with Crippen molar-refractivity contribution in [1.29, 1.82) is 5.26 Å². The lowest BCUT2D eigenvalue weighted by Gasteiger charge is -2.36. The van der Waals surface area contributed by atoms with Gasteiger partial charge in [0, 0.05) is 38.3 Å². The molecule has 0 bridgehead atoms. The molecule has 0 unspecified atom stereocenters. The van der Waals surface area contributed by atoms with Crippen LogP contribution >= 0.6 is 0 Å². The van der Waals surface area contributed by atoms with Gasteiger partial charge in [-0.1, -0.05) is 12.1 Å². The van der Waals surface area contributed by atoms with Crippen molar-refractivity contribution in [2.45, 2.75) is 0 Å². The van der Waals surface area contributed by atoms with E-state index >= 15 is 0 Å². The maximum absolute atomic E-state index is 12.8. The molecule has 2 aromatic rings. The molecule has 1 amide bonds. The largest absolute Gasteiger partial charge is 0.496 e. The van der Waals surface area contributed by atoms with Gasteiger partial charge >= 0.3 is 0 Å². The molecule has 0 radical (unpaired) electrons. The van der Waals surface area contributed by atoms with E-state index in [2.05, 4.69) is 0 Å². The second-order valence-corrected chi connectivity index (χ2v) is 6.05. The molecule has 0 spiro atoms. The molecule has 0 saturated carbocycles. The predicted octanol–water partition coefficient (Wildman–Crippen LogP) is 2.44. The number of hydrogen-bond donors (Lipinski definition) is 0. The van der Waals surface area contributed by atoms with Gasteiger partial charge in [0.25, 0.3) is 11.6 Å². The normalized spacial score (nSPS) is 13.8. The molecule has 138 valence electrons. The molecule has 0 atom stereocenters. The van der Waals surface area contributed by atoms with Gasteiger partial charge in [0.05, 0.1) is 28.8 Å². The number of piperazine rings is 1. The summed E-state index contributed by atoms with van der Waals surface area (Å²) in [6, 6.07) is 13.4. The molecular weight excluding hydrogens is 348 g/mol. The summed E-state index contributed by atoms with van der Waals surface area (Å²) in [6.07, 6.45) is 0. The van der Waals surface area contributed by atoms with Crippen LogP contribution in [0.15, 0.2) is 42.5 Å². The van der Waals surface area contributed by atoms with E-state index in [1.807, 2.05) is 17.0 Å². The number of hydrogen-bond acceptors (Lipinski definition) is 6. The molecule has 1 aliphatic rings. The highest BCUT2D eigenvalue weighted by Crippen LogP contribution is 2.27. The van der Waals surface area contributed by atoms with Gasteiger partial charge in [-0.2, -0.15) is 5.26 Å². The second-order valence-electron chi connectivity index (χ2n) is 6.05. The number of nitro groups is 1. The number of anilines is 1. The number of non-ortho nitro benzene ring substituents is 1. The zero-order valence-corrected chi connectivity index (χ0v) is 14.8. The number of rotatable bonds is 4. The van der Waals surface area contributed by atoms with E-state index in [1.165, 1.54) is 19.2 Å². The van der Waals surface area contributed by atoms with Crippen molar-refractivity contribution in [3.63, 3.8) is 0 Å². The fourth-order valence-electron chi connectivity index (χ4n) is 3.15. The van der Waals surface area contributed by atoms with Crippen LogP contribution in [0.5, 0.6) is 5.75 Å². The third-order valence-corrected chi connectivity index (χ3v) is 4.56. The third-order valence-electron chi connectivity index (χ3n) is 4.56. The summed E-state index contributed by atoms with van der Waals surface area (Å²) in [4.78, 5) is 26.8. The standard InChI is InChI=1S/C19H18N4O4/c1-27-18-5-3-2-4-16(18)19(24)22-10-8-21(9-11-22)17-7-6-15(23(25)26)12-14(17)13-20/h2-7,12H,8-11H2,1H3. The van der Waals surface area contributed by atoms with Gasteiger partial charge in [0.1, 0.15) is 11.8 Å². The van der Waals surface area contributed by atoms with Crippen LogP contribution in [0.25, 0.3) is 0 Å². The smallest absolute Gasteiger partial charge is 0.270 e. The Balaban J connectivity index is 1.73. The molecule has 27 heavy (non-hydrogen) atoms. The lowest BCUT2D eigenvalue weighted by atomic mass is 10.1. The number of nitrogens with zero attached hydrogens (tertiary/aromatic N) is 4. The Morgan fingerprint density at radius 2 is 1.89 bits per heavy atom. The van der Waals surface area contributed by atoms with Crippen LogP contribution in [-0.2, 0) is 0 Å². The molecule has 3 rings (SSSR count). The van der Waals surface area contributed by atoms with E-state index in [0.29, 0.717) is 43.2 Å². The van der Waals surface area contributed by atoms with Gasteiger partial charge < -0.3 is 14.5 Å². The van der Waals surface area contributed by atoms with Crippen LogP contribution in [0, 0.1) is 21.4 Å². The molecule has 1 aliphatic heterocycles. The summed E-state index contributed by atoms with van der Waals surface area (Å²) in [7, 11) is 1.53. The minimum absolute atomic E-state index is 0.101. The summed E-state index contributed by atoms with van der Waals surface area (Å²) < 4.78 is 5.26. The number of carbonyl (C=O) groups is 1. The minimum Gasteiger partial charge on any atom is -0.496 e. The molecule has 1 saturated heterocycles. The van der Waals surface area contributed by atoms with E-state index in [0.717, 1.165) is 0 Å². The molecular formula is C19H18N4O4. The fraction of sp³-hybridized carbons (Fsp3) is 0.263. The first kappa shape index (κ1) is 18.2. The minimum atomic E-state index is -0.519. The number of amides is 1. The third kappa shape index (κ3) is 3.67. The summed E-state index contributed by atoms with van der Waals surface area (Å²) in [5.74, 6) is 0.434. The molecule has 0 aromatic heterocycles. The number of benzene rings is 2. The van der Waals surface area contributed by atoms with Crippen molar-refractivity contribution < 1.29 is 14.5 Å². The van der Waals surface area contributed by atoms with Crippen molar-refractivity contribution >= 4 is 17.3 Å². The van der Waals surface area contributed by atoms with Gasteiger partial charge in [0.15, 0.2) is 0 Å². The molecule has 0 aliphatic carbocycles. The number of para-hydroxylation sites is 1.